The van der Waals surface area contributed by atoms with E-state index >= 15 is 0 Å². The lowest BCUT2D eigenvalue weighted by Crippen LogP contribution is -2.31. The molecular formula is C13H20ClNOS. The van der Waals surface area contributed by atoms with E-state index in [4.69, 9.17) is 16.3 Å². The maximum absolute atomic E-state index is 6.17. The van der Waals surface area contributed by atoms with Gasteiger partial charge in [-0.05, 0) is 32.2 Å². The van der Waals surface area contributed by atoms with Crippen LogP contribution >= 0.6 is 23.4 Å². The average molecular weight is 274 g/mol. The van der Waals surface area contributed by atoms with E-state index in [2.05, 4.69) is 25.4 Å². The summed E-state index contributed by atoms with van der Waals surface area (Å²) in [6, 6.07) is 5.72. The second-order valence-corrected chi connectivity index (χ2v) is 6.41. The molecule has 17 heavy (non-hydrogen) atoms. The van der Waals surface area contributed by atoms with Crippen LogP contribution in [0.4, 0.5) is 0 Å². The molecule has 1 rings (SSSR count). The van der Waals surface area contributed by atoms with Crippen LogP contribution in [0.2, 0.25) is 5.02 Å². The molecule has 0 aromatic heterocycles. The Hall–Kier alpha value is -0.380. The highest BCUT2D eigenvalue weighted by atomic mass is 35.5. The zero-order valence-corrected chi connectivity index (χ0v) is 12.4. The molecule has 0 heterocycles. The molecule has 0 aliphatic heterocycles. The summed E-state index contributed by atoms with van der Waals surface area (Å²) in [6.45, 7) is 6.10. The zero-order chi connectivity index (χ0) is 12.9. The molecule has 2 nitrogen and oxygen atoms in total. The van der Waals surface area contributed by atoms with Gasteiger partial charge < -0.3 is 10.1 Å². The van der Waals surface area contributed by atoms with E-state index in [1.54, 1.807) is 7.11 Å². The average Bonchev–Trinajstić information content (AvgIpc) is 2.31. The number of nitrogens with one attached hydrogen (secondary N) is 1. The van der Waals surface area contributed by atoms with E-state index in [0.717, 1.165) is 29.4 Å². The minimum atomic E-state index is 0.231. The lowest BCUT2D eigenvalue weighted by Gasteiger charge is -2.22. The van der Waals surface area contributed by atoms with E-state index in [1.807, 2.05) is 30.0 Å². The van der Waals surface area contributed by atoms with E-state index in [1.165, 1.54) is 0 Å². The van der Waals surface area contributed by atoms with Gasteiger partial charge in [0.2, 0.25) is 0 Å². The van der Waals surface area contributed by atoms with Gasteiger partial charge in [0.05, 0.1) is 7.11 Å². The molecule has 1 aromatic rings. The summed E-state index contributed by atoms with van der Waals surface area (Å²) in [5, 5.41) is 4.17. The number of rotatable bonds is 6. The van der Waals surface area contributed by atoms with E-state index in [9.17, 15) is 0 Å². The Morgan fingerprint density at radius 2 is 2.12 bits per heavy atom. The molecule has 0 spiro atoms. The minimum Gasteiger partial charge on any atom is -0.496 e. The zero-order valence-electron chi connectivity index (χ0n) is 10.8. The maximum Gasteiger partial charge on any atom is 0.124 e. The van der Waals surface area contributed by atoms with Crippen LogP contribution in [-0.4, -0.2) is 24.7 Å². The summed E-state index contributed by atoms with van der Waals surface area (Å²) < 4.78 is 5.54. The predicted octanol–water partition coefficient (Wildman–Crippen LogP) is 3.58. The SMILES string of the molecule is COc1cccc(Cl)c1CNCC(C)(C)SC. The molecule has 0 saturated carbocycles. The highest BCUT2D eigenvalue weighted by Gasteiger charge is 2.15. The second kappa shape index (κ2) is 6.53. The Morgan fingerprint density at radius 1 is 1.41 bits per heavy atom. The van der Waals surface area contributed by atoms with Crippen molar-refractivity contribution in [1.29, 1.82) is 0 Å². The first-order chi connectivity index (χ1) is 8.00. The van der Waals surface area contributed by atoms with Gasteiger partial charge in [-0.15, -0.1) is 0 Å². The van der Waals surface area contributed by atoms with Gasteiger partial charge >= 0.3 is 0 Å². The van der Waals surface area contributed by atoms with Crippen molar-refractivity contribution in [2.24, 2.45) is 0 Å². The number of methoxy groups -OCH3 is 1. The van der Waals surface area contributed by atoms with Crippen LogP contribution in [0.25, 0.3) is 0 Å². The van der Waals surface area contributed by atoms with Crippen LogP contribution in [0.1, 0.15) is 19.4 Å². The first-order valence-corrected chi connectivity index (χ1v) is 7.17. The first-order valence-electron chi connectivity index (χ1n) is 5.57. The van der Waals surface area contributed by atoms with Crippen molar-refractivity contribution < 1.29 is 4.74 Å². The van der Waals surface area contributed by atoms with Gasteiger partial charge in [0.25, 0.3) is 0 Å². The molecule has 0 atom stereocenters. The minimum absolute atomic E-state index is 0.231. The van der Waals surface area contributed by atoms with Crippen molar-refractivity contribution in [3.8, 4) is 5.75 Å². The van der Waals surface area contributed by atoms with Gasteiger partial charge in [0, 0.05) is 28.4 Å². The van der Waals surface area contributed by atoms with Crippen molar-refractivity contribution in [2.45, 2.75) is 25.1 Å². The molecule has 0 aliphatic carbocycles. The number of halogens is 1. The van der Waals surface area contributed by atoms with Crippen LogP contribution in [0, 0.1) is 0 Å². The van der Waals surface area contributed by atoms with Gasteiger partial charge in [-0.25, -0.2) is 0 Å². The molecular weight excluding hydrogens is 254 g/mol. The Balaban J connectivity index is 2.63. The Bertz CT molecular complexity index is 368. The van der Waals surface area contributed by atoms with Crippen molar-refractivity contribution >= 4 is 23.4 Å². The number of ether oxygens (including phenoxy) is 1. The third-order valence-electron chi connectivity index (χ3n) is 2.70. The third kappa shape index (κ3) is 4.41. The van der Waals surface area contributed by atoms with Crippen molar-refractivity contribution in [2.75, 3.05) is 19.9 Å². The molecule has 0 unspecified atom stereocenters. The highest BCUT2D eigenvalue weighted by molar-refractivity contribution is 7.99. The smallest absolute Gasteiger partial charge is 0.124 e. The van der Waals surface area contributed by atoms with Crippen molar-refractivity contribution in [3.05, 3.63) is 28.8 Å². The van der Waals surface area contributed by atoms with Crippen LogP contribution in [-0.2, 0) is 6.54 Å². The van der Waals surface area contributed by atoms with E-state index < -0.39 is 0 Å². The highest BCUT2D eigenvalue weighted by Crippen LogP contribution is 2.26. The molecule has 0 radical (unpaired) electrons. The maximum atomic E-state index is 6.17. The van der Waals surface area contributed by atoms with Crippen LogP contribution < -0.4 is 10.1 Å². The van der Waals surface area contributed by atoms with E-state index in [-0.39, 0.29) is 4.75 Å². The number of hydrogen-bond donors (Lipinski definition) is 1. The van der Waals surface area contributed by atoms with Gasteiger partial charge in [-0.1, -0.05) is 17.7 Å². The van der Waals surface area contributed by atoms with Gasteiger partial charge in [-0.3, -0.25) is 0 Å². The number of benzene rings is 1. The summed E-state index contributed by atoms with van der Waals surface area (Å²) in [5.74, 6) is 0.840. The fraction of sp³-hybridized carbons (Fsp3) is 0.538. The monoisotopic (exact) mass is 273 g/mol. The lowest BCUT2D eigenvalue weighted by molar-refractivity contribution is 0.407. The standard InChI is InChI=1S/C13H20ClNOS/c1-13(2,17-4)9-15-8-10-11(14)6-5-7-12(10)16-3/h5-7,15H,8-9H2,1-4H3. The predicted molar refractivity (Wildman–Crippen MR) is 77.3 cm³/mol. The number of hydrogen-bond acceptors (Lipinski definition) is 3. The molecule has 1 aromatic carbocycles. The van der Waals surface area contributed by atoms with Crippen LogP contribution in [0.3, 0.4) is 0 Å². The summed E-state index contributed by atoms with van der Waals surface area (Å²) in [5.41, 5.74) is 1.02. The fourth-order valence-electron chi connectivity index (χ4n) is 1.46. The Kier molecular flexibility index (Phi) is 5.63. The molecule has 96 valence electrons. The Labute approximate surface area is 113 Å². The van der Waals surface area contributed by atoms with Crippen LogP contribution in [0.5, 0.6) is 5.75 Å². The van der Waals surface area contributed by atoms with Crippen molar-refractivity contribution in [3.63, 3.8) is 0 Å². The molecule has 0 amide bonds. The van der Waals surface area contributed by atoms with Gasteiger partial charge in [0.15, 0.2) is 0 Å². The quantitative estimate of drug-likeness (QED) is 0.856. The van der Waals surface area contributed by atoms with Crippen molar-refractivity contribution in [1.82, 2.24) is 5.32 Å². The summed E-state index contributed by atoms with van der Waals surface area (Å²) in [4.78, 5) is 0. The molecule has 0 saturated heterocycles. The van der Waals surface area contributed by atoms with E-state index in [0.29, 0.717) is 0 Å². The molecule has 0 fully saturated rings. The molecule has 0 aliphatic rings. The summed E-state index contributed by atoms with van der Waals surface area (Å²) in [6.07, 6.45) is 2.12. The van der Waals surface area contributed by atoms with Crippen LogP contribution in [0.15, 0.2) is 18.2 Å². The topological polar surface area (TPSA) is 21.3 Å². The second-order valence-electron chi connectivity index (χ2n) is 4.49. The lowest BCUT2D eigenvalue weighted by atomic mass is 10.1. The molecule has 0 bridgehead atoms. The molecule has 1 N–H and O–H groups in total. The summed E-state index contributed by atoms with van der Waals surface area (Å²) in [7, 11) is 1.67. The summed E-state index contributed by atoms with van der Waals surface area (Å²) >= 11 is 8.02. The van der Waals surface area contributed by atoms with Gasteiger partial charge in [0.1, 0.15) is 5.75 Å². The fourth-order valence-corrected chi connectivity index (χ4v) is 1.94. The molecule has 4 heteroatoms. The third-order valence-corrected chi connectivity index (χ3v) is 4.30. The normalized spacial score (nSPS) is 11.6. The van der Waals surface area contributed by atoms with Gasteiger partial charge in [-0.2, -0.15) is 11.8 Å². The Morgan fingerprint density at radius 3 is 2.71 bits per heavy atom. The number of thioether (sulfide) groups is 1. The largest absolute Gasteiger partial charge is 0.496 e. The first kappa shape index (κ1) is 14.7.